The van der Waals surface area contributed by atoms with Crippen molar-refractivity contribution < 1.29 is 9.47 Å². The molecule has 0 bridgehead atoms. The Morgan fingerprint density at radius 2 is 1.96 bits per heavy atom. The van der Waals surface area contributed by atoms with E-state index in [1.54, 1.807) is 12.4 Å². The molecule has 134 valence electrons. The molecular weight excluding hydrogens is 328 g/mol. The predicted octanol–water partition coefficient (Wildman–Crippen LogP) is 3.32. The number of benzene rings is 1. The number of anilines is 1. The van der Waals surface area contributed by atoms with Crippen molar-refractivity contribution in [3.8, 4) is 17.1 Å². The van der Waals surface area contributed by atoms with Gasteiger partial charge in [-0.1, -0.05) is 12.1 Å². The zero-order chi connectivity index (χ0) is 17.9. The maximum absolute atomic E-state index is 5.98. The fourth-order valence-corrected chi connectivity index (χ4v) is 3.07. The summed E-state index contributed by atoms with van der Waals surface area (Å²) in [5, 5.41) is 0. The van der Waals surface area contributed by atoms with Crippen molar-refractivity contribution in [1.82, 2.24) is 15.0 Å². The third-order valence-electron chi connectivity index (χ3n) is 4.53. The number of fused-ring (bicyclic) bond motifs is 1. The molecule has 1 saturated heterocycles. The first-order valence-electron chi connectivity index (χ1n) is 8.84. The number of hydrogen-bond donors (Lipinski definition) is 0. The molecule has 6 nitrogen and oxygen atoms in total. The fraction of sp³-hybridized carbons (Fsp3) is 0.350. The number of pyridine rings is 1. The van der Waals surface area contributed by atoms with Crippen molar-refractivity contribution in [2.45, 2.75) is 18.9 Å². The highest BCUT2D eigenvalue weighted by Gasteiger charge is 2.18. The molecule has 0 saturated carbocycles. The molecule has 3 heterocycles. The third-order valence-corrected chi connectivity index (χ3v) is 4.53. The Labute approximate surface area is 152 Å². The summed E-state index contributed by atoms with van der Waals surface area (Å²) in [4.78, 5) is 15.6. The smallest absolute Gasteiger partial charge is 0.242 e. The molecule has 1 aromatic carbocycles. The van der Waals surface area contributed by atoms with Gasteiger partial charge in [0.15, 0.2) is 5.52 Å². The molecule has 1 atom stereocenters. The molecule has 6 heteroatoms. The van der Waals surface area contributed by atoms with Gasteiger partial charge in [0.2, 0.25) is 5.88 Å². The summed E-state index contributed by atoms with van der Waals surface area (Å²) in [6.07, 6.45) is 5.58. The minimum Gasteiger partial charge on any atom is -0.473 e. The summed E-state index contributed by atoms with van der Waals surface area (Å²) in [6.45, 7) is 1.29. The predicted molar refractivity (Wildman–Crippen MR) is 102 cm³/mol. The van der Waals surface area contributed by atoms with E-state index < -0.39 is 0 Å². The molecular formula is C20H22N4O2. The molecule has 0 radical (unpaired) electrons. The SMILES string of the molecule is CN(C)c1ccc(-c2cc3nccnc3c(OCC3CCCO3)n2)cc1. The molecule has 0 spiro atoms. The molecule has 2 aromatic heterocycles. The topological polar surface area (TPSA) is 60.4 Å². The highest BCUT2D eigenvalue weighted by molar-refractivity contribution is 5.83. The van der Waals surface area contributed by atoms with Crippen LogP contribution in [0.25, 0.3) is 22.3 Å². The lowest BCUT2D eigenvalue weighted by atomic mass is 10.1. The van der Waals surface area contributed by atoms with Crippen molar-refractivity contribution in [3.63, 3.8) is 0 Å². The van der Waals surface area contributed by atoms with E-state index in [2.05, 4.69) is 39.1 Å². The number of aromatic nitrogens is 3. The van der Waals surface area contributed by atoms with Gasteiger partial charge < -0.3 is 14.4 Å². The van der Waals surface area contributed by atoms with Crippen LogP contribution in [0.5, 0.6) is 5.88 Å². The van der Waals surface area contributed by atoms with E-state index in [0.29, 0.717) is 18.0 Å². The van der Waals surface area contributed by atoms with Gasteiger partial charge in [-0.3, -0.25) is 4.98 Å². The van der Waals surface area contributed by atoms with Gasteiger partial charge in [0, 0.05) is 44.3 Å². The highest BCUT2D eigenvalue weighted by Crippen LogP contribution is 2.28. The van der Waals surface area contributed by atoms with Gasteiger partial charge in [-0.05, 0) is 31.0 Å². The number of rotatable bonds is 5. The quantitative estimate of drug-likeness (QED) is 0.703. The van der Waals surface area contributed by atoms with Crippen molar-refractivity contribution >= 4 is 16.7 Å². The second-order valence-corrected chi connectivity index (χ2v) is 6.62. The second kappa shape index (κ2) is 7.25. The van der Waals surface area contributed by atoms with E-state index in [1.165, 1.54) is 0 Å². The van der Waals surface area contributed by atoms with E-state index in [1.807, 2.05) is 20.2 Å². The van der Waals surface area contributed by atoms with Crippen LogP contribution < -0.4 is 9.64 Å². The van der Waals surface area contributed by atoms with Crippen LogP contribution >= 0.6 is 0 Å². The van der Waals surface area contributed by atoms with Crippen LogP contribution in [0.4, 0.5) is 5.69 Å². The third kappa shape index (κ3) is 3.46. The van der Waals surface area contributed by atoms with E-state index in [0.717, 1.165) is 41.9 Å². The van der Waals surface area contributed by atoms with Crippen LogP contribution in [0, 0.1) is 0 Å². The number of hydrogen-bond acceptors (Lipinski definition) is 6. The monoisotopic (exact) mass is 350 g/mol. The molecule has 3 aromatic rings. The fourth-order valence-electron chi connectivity index (χ4n) is 3.07. The molecule has 4 rings (SSSR count). The van der Waals surface area contributed by atoms with Gasteiger partial charge in [0.1, 0.15) is 6.61 Å². The van der Waals surface area contributed by atoms with Crippen LogP contribution in [-0.4, -0.2) is 48.4 Å². The minimum absolute atomic E-state index is 0.131. The maximum atomic E-state index is 5.98. The summed E-state index contributed by atoms with van der Waals surface area (Å²) < 4.78 is 11.6. The van der Waals surface area contributed by atoms with Gasteiger partial charge in [0.05, 0.1) is 17.3 Å². The average molecular weight is 350 g/mol. The molecule has 0 aliphatic carbocycles. The molecule has 0 N–H and O–H groups in total. The Hall–Kier alpha value is -2.73. The highest BCUT2D eigenvalue weighted by atomic mass is 16.5. The second-order valence-electron chi connectivity index (χ2n) is 6.62. The van der Waals surface area contributed by atoms with Gasteiger partial charge in [0.25, 0.3) is 0 Å². The summed E-state index contributed by atoms with van der Waals surface area (Å²) in [5.74, 6) is 0.512. The molecule has 1 unspecified atom stereocenters. The van der Waals surface area contributed by atoms with Gasteiger partial charge >= 0.3 is 0 Å². The van der Waals surface area contributed by atoms with Gasteiger partial charge in [-0.25, -0.2) is 9.97 Å². The largest absolute Gasteiger partial charge is 0.473 e. The lowest BCUT2D eigenvalue weighted by Crippen LogP contribution is -2.17. The minimum atomic E-state index is 0.131. The van der Waals surface area contributed by atoms with E-state index >= 15 is 0 Å². The lowest BCUT2D eigenvalue weighted by Gasteiger charge is -2.14. The molecule has 0 amide bonds. The molecule has 1 aliphatic heterocycles. The molecule has 1 fully saturated rings. The van der Waals surface area contributed by atoms with E-state index in [-0.39, 0.29) is 6.10 Å². The zero-order valence-electron chi connectivity index (χ0n) is 15.1. The van der Waals surface area contributed by atoms with Gasteiger partial charge in [-0.15, -0.1) is 0 Å². The molecule has 26 heavy (non-hydrogen) atoms. The first kappa shape index (κ1) is 16.7. The average Bonchev–Trinajstić information content (AvgIpc) is 3.19. The van der Waals surface area contributed by atoms with Crippen LogP contribution in [0.3, 0.4) is 0 Å². The van der Waals surface area contributed by atoms with Crippen molar-refractivity contribution in [1.29, 1.82) is 0 Å². The van der Waals surface area contributed by atoms with Crippen LogP contribution in [0.1, 0.15) is 12.8 Å². The number of nitrogens with zero attached hydrogens (tertiary/aromatic N) is 4. The standard InChI is InChI=1S/C20H22N4O2/c1-24(2)15-7-5-14(6-8-15)17-12-18-19(22-10-9-21-18)20(23-17)26-13-16-4-3-11-25-16/h5-10,12,16H,3-4,11,13H2,1-2H3. The molecule has 1 aliphatic rings. The Morgan fingerprint density at radius 1 is 1.15 bits per heavy atom. The first-order chi connectivity index (χ1) is 12.7. The normalized spacial score (nSPS) is 16.8. The maximum Gasteiger partial charge on any atom is 0.242 e. The van der Waals surface area contributed by atoms with Crippen LogP contribution in [0.2, 0.25) is 0 Å². The van der Waals surface area contributed by atoms with Crippen LogP contribution in [0.15, 0.2) is 42.7 Å². The number of ether oxygens (including phenoxy) is 2. The van der Waals surface area contributed by atoms with E-state index in [9.17, 15) is 0 Å². The van der Waals surface area contributed by atoms with Crippen LogP contribution in [-0.2, 0) is 4.74 Å². The van der Waals surface area contributed by atoms with E-state index in [4.69, 9.17) is 14.5 Å². The Morgan fingerprint density at radius 3 is 2.69 bits per heavy atom. The Kier molecular flexibility index (Phi) is 4.67. The first-order valence-corrected chi connectivity index (χ1v) is 8.84. The van der Waals surface area contributed by atoms with Gasteiger partial charge in [-0.2, -0.15) is 0 Å². The van der Waals surface area contributed by atoms with Crippen molar-refractivity contribution in [2.24, 2.45) is 0 Å². The summed E-state index contributed by atoms with van der Waals surface area (Å²) >= 11 is 0. The summed E-state index contributed by atoms with van der Waals surface area (Å²) in [5.41, 5.74) is 4.44. The summed E-state index contributed by atoms with van der Waals surface area (Å²) in [7, 11) is 4.05. The lowest BCUT2D eigenvalue weighted by molar-refractivity contribution is 0.0669. The van der Waals surface area contributed by atoms with Crippen molar-refractivity contribution in [2.75, 3.05) is 32.2 Å². The summed E-state index contributed by atoms with van der Waals surface area (Å²) in [6, 6.07) is 10.2. The van der Waals surface area contributed by atoms with Crippen molar-refractivity contribution in [3.05, 3.63) is 42.7 Å². The zero-order valence-corrected chi connectivity index (χ0v) is 15.1. The Balaban J connectivity index is 1.68. The Bertz CT molecular complexity index is 890.